The Labute approximate surface area is 110 Å². The molecule has 3 N–H and O–H groups in total. The van der Waals surface area contributed by atoms with Crippen LogP contribution in [0.5, 0.6) is 0 Å². The van der Waals surface area contributed by atoms with Gasteiger partial charge in [-0.05, 0) is 18.4 Å². The van der Waals surface area contributed by atoms with Crippen LogP contribution in [-0.4, -0.2) is 22.5 Å². The van der Waals surface area contributed by atoms with Crippen molar-refractivity contribution in [1.29, 1.82) is 0 Å². The number of aliphatic carboxylic acids is 1. The molecule has 0 saturated heterocycles. The molecule has 1 aromatic rings. The largest absolute Gasteiger partial charge is 0.481 e. The highest BCUT2D eigenvalue weighted by Crippen LogP contribution is 2.51. The monoisotopic (exact) mass is 264 g/mol. The number of carboxylic acid groups (broad SMARTS) is 1. The maximum atomic E-state index is 11.5. The molecule has 1 aromatic carbocycles. The van der Waals surface area contributed by atoms with Crippen molar-refractivity contribution in [3.8, 4) is 0 Å². The summed E-state index contributed by atoms with van der Waals surface area (Å²) in [6, 6.07) is 6.11. The lowest BCUT2D eigenvalue weighted by molar-refractivity contribution is -0.384. The third-order valence-corrected chi connectivity index (χ3v) is 4.06. The van der Waals surface area contributed by atoms with Crippen molar-refractivity contribution in [2.24, 2.45) is 11.1 Å². The third-order valence-electron chi connectivity index (χ3n) is 4.06. The van der Waals surface area contributed by atoms with E-state index in [1.165, 1.54) is 12.1 Å². The number of non-ortho nitro benzene ring substituents is 1. The second-order valence-corrected chi connectivity index (χ2v) is 4.96. The standard InChI is InChI=1S/C13H16N2O4/c14-8-11(13(12(16)17)5-2-6-13)9-3-1-4-10(7-9)15(18)19/h1,3-4,7,11H,2,5-6,8,14H2,(H,16,17)/t11-/m1/s1. The number of hydrogen-bond donors (Lipinski definition) is 2. The van der Waals surface area contributed by atoms with Crippen molar-refractivity contribution < 1.29 is 14.8 Å². The van der Waals surface area contributed by atoms with Gasteiger partial charge in [-0.3, -0.25) is 14.9 Å². The summed E-state index contributed by atoms with van der Waals surface area (Å²) in [5.74, 6) is -1.24. The molecule has 1 aliphatic rings. The Bertz CT molecular complexity index is 511. The van der Waals surface area contributed by atoms with Gasteiger partial charge in [-0.2, -0.15) is 0 Å². The fourth-order valence-electron chi connectivity index (χ4n) is 2.80. The lowest BCUT2D eigenvalue weighted by Crippen LogP contribution is -2.45. The predicted octanol–water partition coefficient (Wildman–Crippen LogP) is 1.89. The van der Waals surface area contributed by atoms with Crippen LogP contribution in [-0.2, 0) is 4.79 Å². The van der Waals surface area contributed by atoms with Crippen molar-refractivity contribution >= 4 is 11.7 Å². The molecule has 102 valence electrons. The van der Waals surface area contributed by atoms with Crippen molar-refractivity contribution in [2.75, 3.05) is 6.54 Å². The Morgan fingerprint density at radius 2 is 2.21 bits per heavy atom. The molecular formula is C13H16N2O4. The van der Waals surface area contributed by atoms with Crippen LogP contribution in [0, 0.1) is 15.5 Å². The number of rotatable bonds is 5. The van der Waals surface area contributed by atoms with E-state index in [4.69, 9.17) is 5.73 Å². The van der Waals surface area contributed by atoms with E-state index in [0.717, 1.165) is 6.42 Å². The molecule has 1 fully saturated rings. The number of hydrogen-bond acceptors (Lipinski definition) is 4. The normalized spacial score (nSPS) is 18.4. The predicted molar refractivity (Wildman–Crippen MR) is 68.8 cm³/mol. The molecule has 0 aliphatic heterocycles. The molecule has 6 nitrogen and oxygen atoms in total. The highest BCUT2D eigenvalue weighted by molar-refractivity contribution is 5.77. The van der Waals surface area contributed by atoms with E-state index in [1.807, 2.05) is 0 Å². The highest BCUT2D eigenvalue weighted by atomic mass is 16.6. The molecule has 6 heteroatoms. The van der Waals surface area contributed by atoms with E-state index in [9.17, 15) is 20.0 Å². The summed E-state index contributed by atoms with van der Waals surface area (Å²) >= 11 is 0. The molecule has 1 atom stereocenters. The summed E-state index contributed by atoms with van der Waals surface area (Å²) in [4.78, 5) is 21.8. The molecule has 0 unspecified atom stereocenters. The van der Waals surface area contributed by atoms with Gasteiger partial charge in [-0.15, -0.1) is 0 Å². The molecule has 0 aromatic heterocycles. The zero-order chi connectivity index (χ0) is 14.0. The Kier molecular flexibility index (Phi) is 3.53. The van der Waals surface area contributed by atoms with Gasteiger partial charge in [-0.1, -0.05) is 18.6 Å². The van der Waals surface area contributed by atoms with Gasteiger partial charge in [0.05, 0.1) is 10.3 Å². The highest BCUT2D eigenvalue weighted by Gasteiger charge is 2.50. The van der Waals surface area contributed by atoms with E-state index in [-0.39, 0.29) is 18.2 Å². The first-order valence-electron chi connectivity index (χ1n) is 6.19. The number of carboxylic acids is 1. The zero-order valence-electron chi connectivity index (χ0n) is 10.4. The van der Waals surface area contributed by atoms with Crippen LogP contribution >= 0.6 is 0 Å². The molecular weight excluding hydrogens is 248 g/mol. The topological polar surface area (TPSA) is 106 Å². The second-order valence-electron chi connectivity index (χ2n) is 4.96. The molecule has 2 rings (SSSR count). The summed E-state index contributed by atoms with van der Waals surface area (Å²) in [6.45, 7) is 0.174. The molecule has 0 spiro atoms. The number of nitrogens with zero attached hydrogens (tertiary/aromatic N) is 1. The Balaban J connectivity index is 2.39. The molecule has 0 heterocycles. The number of nitro benzene ring substituents is 1. The summed E-state index contributed by atoms with van der Waals surface area (Å²) in [7, 11) is 0. The van der Waals surface area contributed by atoms with Gasteiger partial charge < -0.3 is 10.8 Å². The van der Waals surface area contributed by atoms with Crippen LogP contribution in [0.15, 0.2) is 24.3 Å². The average molecular weight is 264 g/mol. The first-order valence-corrected chi connectivity index (χ1v) is 6.19. The van der Waals surface area contributed by atoms with Crippen LogP contribution in [0.1, 0.15) is 30.7 Å². The first-order chi connectivity index (χ1) is 9.01. The SMILES string of the molecule is NC[C@H](c1cccc([N+](=O)[O-])c1)C1(C(=O)O)CCC1. The number of carbonyl (C=O) groups is 1. The van der Waals surface area contributed by atoms with Crippen LogP contribution < -0.4 is 5.73 Å². The zero-order valence-corrected chi connectivity index (χ0v) is 10.4. The molecule has 0 bridgehead atoms. The molecule has 19 heavy (non-hydrogen) atoms. The summed E-state index contributed by atoms with van der Waals surface area (Å²) in [6.07, 6.45) is 2.01. The van der Waals surface area contributed by atoms with Crippen LogP contribution in [0.4, 0.5) is 5.69 Å². The quantitative estimate of drug-likeness (QED) is 0.623. The van der Waals surface area contributed by atoms with Gasteiger partial charge in [0, 0.05) is 24.6 Å². The van der Waals surface area contributed by atoms with Crippen LogP contribution in [0.25, 0.3) is 0 Å². The number of nitrogens with two attached hydrogens (primary N) is 1. The maximum absolute atomic E-state index is 11.5. The van der Waals surface area contributed by atoms with Gasteiger partial charge >= 0.3 is 5.97 Å². The molecule has 1 aliphatic carbocycles. The van der Waals surface area contributed by atoms with Gasteiger partial charge in [0.25, 0.3) is 5.69 Å². The van der Waals surface area contributed by atoms with E-state index < -0.39 is 16.3 Å². The van der Waals surface area contributed by atoms with Gasteiger partial charge in [0.1, 0.15) is 0 Å². The molecule has 1 saturated carbocycles. The average Bonchev–Trinajstić information content (AvgIpc) is 2.33. The van der Waals surface area contributed by atoms with Crippen molar-refractivity contribution in [2.45, 2.75) is 25.2 Å². The van der Waals surface area contributed by atoms with Crippen molar-refractivity contribution in [3.63, 3.8) is 0 Å². The van der Waals surface area contributed by atoms with Crippen LogP contribution in [0.3, 0.4) is 0 Å². The number of benzene rings is 1. The smallest absolute Gasteiger partial charge is 0.310 e. The Morgan fingerprint density at radius 3 is 2.63 bits per heavy atom. The number of nitro groups is 1. The summed E-state index contributed by atoms with van der Waals surface area (Å²) < 4.78 is 0. The van der Waals surface area contributed by atoms with Gasteiger partial charge in [0.15, 0.2) is 0 Å². The van der Waals surface area contributed by atoms with Gasteiger partial charge in [0.2, 0.25) is 0 Å². The van der Waals surface area contributed by atoms with E-state index >= 15 is 0 Å². The van der Waals surface area contributed by atoms with Crippen LogP contribution in [0.2, 0.25) is 0 Å². The minimum absolute atomic E-state index is 0.0317. The van der Waals surface area contributed by atoms with Gasteiger partial charge in [-0.25, -0.2) is 0 Å². The van der Waals surface area contributed by atoms with E-state index in [1.54, 1.807) is 12.1 Å². The van der Waals surface area contributed by atoms with Crippen molar-refractivity contribution in [1.82, 2.24) is 0 Å². The first kappa shape index (κ1) is 13.5. The lowest BCUT2D eigenvalue weighted by Gasteiger charge is -2.43. The third kappa shape index (κ3) is 2.19. The van der Waals surface area contributed by atoms with E-state index in [0.29, 0.717) is 18.4 Å². The maximum Gasteiger partial charge on any atom is 0.310 e. The fraction of sp³-hybridized carbons (Fsp3) is 0.462. The lowest BCUT2D eigenvalue weighted by atomic mass is 9.59. The summed E-state index contributed by atoms with van der Waals surface area (Å²) in [5.41, 5.74) is 5.48. The van der Waals surface area contributed by atoms with E-state index in [2.05, 4.69) is 0 Å². The summed E-state index contributed by atoms with van der Waals surface area (Å²) in [5, 5.41) is 20.2. The Hall–Kier alpha value is -1.95. The minimum atomic E-state index is -0.860. The minimum Gasteiger partial charge on any atom is -0.481 e. The molecule has 0 radical (unpaired) electrons. The van der Waals surface area contributed by atoms with Crippen molar-refractivity contribution in [3.05, 3.63) is 39.9 Å². The Morgan fingerprint density at radius 1 is 1.53 bits per heavy atom. The fourth-order valence-corrected chi connectivity index (χ4v) is 2.80. The second kappa shape index (κ2) is 4.97. The molecule has 0 amide bonds.